The van der Waals surface area contributed by atoms with Crippen LogP contribution in [0, 0.1) is 11.3 Å². The number of hydrogen-bond acceptors (Lipinski definition) is 3. The highest BCUT2D eigenvalue weighted by Gasteiger charge is 2.34. The summed E-state index contributed by atoms with van der Waals surface area (Å²) in [6.45, 7) is 1.13. The van der Waals surface area contributed by atoms with Crippen LogP contribution < -0.4 is 5.32 Å². The molecule has 0 aromatic heterocycles. The Balaban J connectivity index is 2.13. The molecular weight excluding hydrogens is 176 g/mol. The van der Waals surface area contributed by atoms with Crippen molar-refractivity contribution in [3.8, 4) is 6.07 Å². The maximum absolute atomic E-state index is 9.09. The molecule has 0 aliphatic carbocycles. The first-order valence-corrected chi connectivity index (χ1v) is 4.67. The molecule has 1 aromatic carbocycles. The van der Waals surface area contributed by atoms with Gasteiger partial charge in [0.2, 0.25) is 0 Å². The predicted octanol–water partition coefficient (Wildman–Crippen LogP) is 1.78. The Labute approximate surface area is 83.3 Å². The lowest BCUT2D eigenvalue weighted by Crippen LogP contribution is -2.36. The Bertz CT molecular complexity index is 336. The second-order valence-corrected chi connectivity index (χ2v) is 3.49. The van der Waals surface area contributed by atoms with Gasteiger partial charge in [0.1, 0.15) is 0 Å². The molecule has 14 heavy (non-hydrogen) atoms. The van der Waals surface area contributed by atoms with Crippen LogP contribution in [0.2, 0.25) is 0 Å². The van der Waals surface area contributed by atoms with Gasteiger partial charge in [0, 0.05) is 12.1 Å². The fourth-order valence-corrected chi connectivity index (χ4v) is 1.58. The van der Waals surface area contributed by atoms with Crippen LogP contribution in [0.15, 0.2) is 30.3 Å². The van der Waals surface area contributed by atoms with Crippen LogP contribution in [0.25, 0.3) is 0 Å². The first-order valence-electron chi connectivity index (χ1n) is 4.67. The van der Waals surface area contributed by atoms with Gasteiger partial charge in [-0.05, 0) is 12.1 Å². The topological polar surface area (TPSA) is 45.0 Å². The molecule has 2 rings (SSSR count). The summed E-state index contributed by atoms with van der Waals surface area (Å²) in [4.78, 5) is 0. The summed E-state index contributed by atoms with van der Waals surface area (Å²) in [6, 6.07) is 12.1. The average molecular weight is 188 g/mol. The zero-order chi connectivity index (χ0) is 9.86. The van der Waals surface area contributed by atoms with Crippen molar-refractivity contribution in [1.82, 2.24) is 0 Å². The van der Waals surface area contributed by atoms with Crippen molar-refractivity contribution in [3.63, 3.8) is 0 Å². The number of hydrogen-bond donors (Lipinski definition) is 1. The zero-order valence-electron chi connectivity index (χ0n) is 7.86. The van der Waals surface area contributed by atoms with Gasteiger partial charge in [-0.2, -0.15) is 5.26 Å². The summed E-state index contributed by atoms with van der Waals surface area (Å²) in [5, 5.41) is 12.3. The summed E-state index contributed by atoms with van der Waals surface area (Å²) in [6.07, 6.45) is 0.748. The van der Waals surface area contributed by atoms with Gasteiger partial charge in [-0.1, -0.05) is 18.2 Å². The Morgan fingerprint density at radius 2 is 2.14 bits per heavy atom. The standard InChI is InChI=1S/C11H12N2O/c12-8-11(6-7-14-9-11)13-10-4-2-1-3-5-10/h1-5,13H,6-7,9H2. The number of ether oxygens (including phenoxy) is 1. The Hall–Kier alpha value is -1.53. The second-order valence-electron chi connectivity index (χ2n) is 3.49. The number of nitrogens with one attached hydrogen (secondary N) is 1. The molecule has 1 saturated heterocycles. The van der Waals surface area contributed by atoms with Gasteiger partial charge in [0.05, 0.1) is 19.3 Å². The molecule has 0 spiro atoms. The molecule has 1 heterocycles. The summed E-state index contributed by atoms with van der Waals surface area (Å²) in [5.41, 5.74) is 0.445. The van der Waals surface area contributed by atoms with Gasteiger partial charge < -0.3 is 10.1 Å². The van der Waals surface area contributed by atoms with E-state index >= 15 is 0 Å². The predicted molar refractivity (Wildman–Crippen MR) is 53.8 cm³/mol. The summed E-state index contributed by atoms with van der Waals surface area (Å²) < 4.78 is 5.24. The Kier molecular flexibility index (Phi) is 2.38. The average Bonchev–Trinajstić information content (AvgIpc) is 2.69. The van der Waals surface area contributed by atoms with Crippen molar-refractivity contribution in [1.29, 1.82) is 5.26 Å². The molecule has 72 valence electrons. The van der Waals surface area contributed by atoms with Crippen molar-refractivity contribution in [2.75, 3.05) is 18.5 Å². The summed E-state index contributed by atoms with van der Waals surface area (Å²) in [5.74, 6) is 0. The van der Waals surface area contributed by atoms with Crippen LogP contribution in [0.3, 0.4) is 0 Å². The SMILES string of the molecule is N#CC1(Nc2ccccc2)CCOC1. The van der Waals surface area contributed by atoms with Crippen LogP contribution in [-0.2, 0) is 4.74 Å². The van der Waals surface area contributed by atoms with E-state index in [1.165, 1.54) is 0 Å². The van der Waals surface area contributed by atoms with Gasteiger partial charge in [-0.15, -0.1) is 0 Å². The minimum Gasteiger partial charge on any atom is -0.378 e. The van der Waals surface area contributed by atoms with Crippen molar-refractivity contribution in [3.05, 3.63) is 30.3 Å². The molecule has 3 nitrogen and oxygen atoms in total. The quantitative estimate of drug-likeness (QED) is 0.769. The molecule has 0 radical (unpaired) electrons. The van der Waals surface area contributed by atoms with Crippen LogP contribution >= 0.6 is 0 Å². The smallest absolute Gasteiger partial charge is 0.151 e. The van der Waals surface area contributed by atoms with Crippen LogP contribution in [0.1, 0.15) is 6.42 Å². The number of nitrogens with zero attached hydrogens (tertiary/aromatic N) is 1. The van der Waals surface area contributed by atoms with Gasteiger partial charge in [0.15, 0.2) is 5.54 Å². The fraction of sp³-hybridized carbons (Fsp3) is 0.364. The monoisotopic (exact) mass is 188 g/mol. The van der Waals surface area contributed by atoms with Crippen molar-refractivity contribution < 1.29 is 4.74 Å². The van der Waals surface area contributed by atoms with Crippen molar-refractivity contribution >= 4 is 5.69 Å². The van der Waals surface area contributed by atoms with Crippen LogP contribution in [-0.4, -0.2) is 18.8 Å². The fourth-order valence-electron chi connectivity index (χ4n) is 1.58. The normalized spacial score (nSPS) is 25.6. The third-order valence-electron chi connectivity index (χ3n) is 2.39. The van der Waals surface area contributed by atoms with Crippen molar-refractivity contribution in [2.45, 2.75) is 12.0 Å². The number of rotatable bonds is 2. The molecule has 1 aliphatic rings. The number of para-hydroxylation sites is 1. The lowest BCUT2D eigenvalue weighted by atomic mass is 10.0. The lowest BCUT2D eigenvalue weighted by molar-refractivity contribution is 0.189. The molecule has 0 bridgehead atoms. The van der Waals surface area contributed by atoms with E-state index in [4.69, 9.17) is 10.00 Å². The van der Waals surface area contributed by atoms with Crippen LogP contribution in [0.4, 0.5) is 5.69 Å². The molecule has 3 heteroatoms. The molecule has 1 N–H and O–H groups in total. The largest absolute Gasteiger partial charge is 0.378 e. The van der Waals surface area contributed by atoms with Gasteiger partial charge in [-0.3, -0.25) is 0 Å². The molecular formula is C11H12N2O. The highest BCUT2D eigenvalue weighted by atomic mass is 16.5. The van der Waals surface area contributed by atoms with Crippen LogP contribution in [0.5, 0.6) is 0 Å². The molecule has 1 aliphatic heterocycles. The minimum atomic E-state index is -0.526. The highest BCUT2D eigenvalue weighted by Crippen LogP contribution is 2.23. The number of benzene rings is 1. The van der Waals surface area contributed by atoms with Gasteiger partial charge in [-0.25, -0.2) is 0 Å². The number of anilines is 1. The maximum atomic E-state index is 9.09. The maximum Gasteiger partial charge on any atom is 0.151 e. The van der Waals surface area contributed by atoms with E-state index in [1.54, 1.807) is 0 Å². The molecule has 1 fully saturated rings. The molecule has 1 atom stereocenters. The molecule has 1 aromatic rings. The van der Waals surface area contributed by atoms with Crippen molar-refractivity contribution in [2.24, 2.45) is 0 Å². The summed E-state index contributed by atoms with van der Waals surface area (Å²) in [7, 11) is 0. The van der Waals surface area contributed by atoms with E-state index in [1.807, 2.05) is 30.3 Å². The first kappa shape index (κ1) is 9.04. The lowest BCUT2D eigenvalue weighted by Gasteiger charge is -2.21. The highest BCUT2D eigenvalue weighted by molar-refractivity contribution is 5.47. The molecule has 0 saturated carbocycles. The Morgan fingerprint density at radius 1 is 1.36 bits per heavy atom. The Morgan fingerprint density at radius 3 is 2.71 bits per heavy atom. The minimum absolute atomic E-state index is 0.471. The zero-order valence-corrected chi connectivity index (χ0v) is 7.86. The van der Waals surface area contributed by atoms with E-state index in [-0.39, 0.29) is 0 Å². The van der Waals surface area contributed by atoms with E-state index in [9.17, 15) is 0 Å². The number of nitriles is 1. The molecule has 0 amide bonds. The second kappa shape index (κ2) is 3.69. The van der Waals surface area contributed by atoms with E-state index in [2.05, 4.69) is 11.4 Å². The third kappa shape index (κ3) is 1.70. The van der Waals surface area contributed by atoms with E-state index < -0.39 is 5.54 Å². The van der Waals surface area contributed by atoms with Gasteiger partial charge >= 0.3 is 0 Å². The van der Waals surface area contributed by atoms with Gasteiger partial charge in [0.25, 0.3) is 0 Å². The third-order valence-corrected chi connectivity index (χ3v) is 2.39. The van der Waals surface area contributed by atoms with E-state index in [0.717, 1.165) is 12.1 Å². The summed E-state index contributed by atoms with van der Waals surface area (Å²) >= 11 is 0. The molecule has 1 unspecified atom stereocenters. The van der Waals surface area contributed by atoms with E-state index in [0.29, 0.717) is 13.2 Å². The first-order chi connectivity index (χ1) is 6.85.